The van der Waals surface area contributed by atoms with Gasteiger partial charge in [-0.1, -0.05) is 6.08 Å². The second-order valence-corrected chi connectivity index (χ2v) is 2.93. The van der Waals surface area contributed by atoms with Crippen LogP contribution in [-0.2, 0) is 0 Å². The third-order valence-electron chi connectivity index (χ3n) is 2.05. The third kappa shape index (κ3) is 1.30. The van der Waals surface area contributed by atoms with E-state index in [1.807, 2.05) is 0 Å². The average Bonchev–Trinajstić information content (AvgIpc) is 2.58. The Morgan fingerprint density at radius 3 is 2.92 bits per heavy atom. The maximum absolute atomic E-state index is 10.7. The molecule has 0 bridgehead atoms. The summed E-state index contributed by atoms with van der Waals surface area (Å²) in [6.45, 7) is 0. The minimum Gasteiger partial charge on any atom is -0.268 e. The van der Waals surface area contributed by atoms with Crippen molar-refractivity contribution in [3.63, 3.8) is 0 Å². The fraction of sp³-hybridized carbons (Fsp3) is 0.333. The van der Waals surface area contributed by atoms with Crippen LogP contribution in [0, 0.1) is 0 Å². The van der Waals surface area contributed by atoms with Crippen molar-refractivity contribution >= 4 is 5.57 Å². The van der Waals surface area contributed by atoms with E-state index in [4.69, 9.17) is 0 Å². The summed E-state index contributed by atoms with van der Waals surface area (Å²) in [7, 11) is 0. The van der Waals surface area contributed by atoms with Crippen LogP contribution >= 0.6 is 0 Å². The van der Waals surface area contributed by atoms with Crippen LogP contribution < -0.4 is 5.56 Å². The lowest BCUT2D eigenvalue weighted by molar-refractivity contribution is 0.919. The molecule has 1 aliphatic rings. The van der Waals surface area contributed by atoms with Gasteiger partial charge >= 0.3 is 0 Å². The Labute approximate surface area is 70.1 Å². The van der Waals surface area contributed by atoms with Crippen LogP contribution in [0.25, 0.3) is 5.57 Å². The van der Waals surface area contributed by atoms with Crippen molar-refractivity contribution in [1.29, 1.82) is 0 Å². The van der Waals surface area contributed by atoms with Crippen LogP contribution in [0.2, 0.25) is 0 Å². The topological polar surface area (TPSA) is 45.8 Å². The summed E-state index contributed by atoms with van der Waals surface area (Å²) in [4.78, 5) is 10.7. The molecule has 3 heteroatoms. The van der Waals surface area contributed by atoms with E-state index in [2.05, 4.69) is 16.3 Å². The van der Waals surface area contributed by atoms with Crippen molar-refractivity contribution in [2.24, 2.45) is 0 Å². The first-order valence-electron chi connectivity index (χ1n) is 4.11. The van der Waals surface area contributed by atoms with Crippen LogP contribution in [0.4, 0.5) is 0 Å². The smallest absolute Gasteiger partial charge is 0.264 e. The van der Waals surface area contributed by atoms with Crippen LogP contribution in [0.1, 0.15) is 25.0 Å². The minimum absolute atomic E-state index is 0.141. The zero-order valence-electron chi connectivity index (χ0n) is 6.71. The molecule has 0 radical (unpaired) electrons. The maximum atomic E-state index is 10.7. The van der Waals surface area contributed by atoms with E-state index in [9.17, 15) is 4.79 Å². The highest BCUT2D eigenvalue weighted by molar-refractivity contribution is 5.63. The summed E-state index contributed by atoms with van der Waals surface area (Å²) < 4.78 is 0. The molecule has 1 aromatic heterocycles. The number of allylic oxidation sites excluding steroid dienone is 2. The van der Waals surface area contributed by atoms with Gasteiger partial charge in [-0.15, -0.1) is 0 Å². The molecule has 1 N–H and O–H groups in total. The van der Waals surface area contributed by atoms with Gasteiger partial charge in [0.25, 0.3) is 5.56 Å². The van der Waals surface area contributed by atoms with Crippen molar-refractivity contribution in [3.8, 4) is 0 Å². The van der Waals surface area contributed by atoms with Crippen molar-refractivity contribution in [2.75, 3.05) is 0 Å². The lowest BCUT2D eigenvalue weighted by atomic mass is 10.1. The van der Waals surface area contributed by atoms with E-state index in [0.717, 1.165) is 18.5 Å². The molecule has 1 aromatic rings. The fourth-order valence-electron chi connectivity index (χ4n) is 1.43. The molecule has 0 aliphatic heterocycles. The highest BCUT2D eigenvalue weighted by atomic mass is 16.1. The van der Waals surface area contributed by atoms with E-state index in [1.165, 1.54) is 18.1 Å². The number of hydrogen-bond acceptors (Lipinski definition) is 2. The van der Waals surface area contributed by atoms with Crippen LogP contribution in [0.5, 0.6) is 0 Å². The molecule has 0 atom stereocenters. The molecule has 2 rings (SSSR count). The second-order valence-electron chi connectivity index (χ2n) is 2.93. The minimum atomic E-state index is -0.141. The Bertz CT molecular complexity index is 345. The van der Waals surface area contributed by atoms with E-state index in [-0.39, 0.29) is 5.56 Å². The average molecular weight is 162 g/mol. The van der Waals surface area contributed by atoms with Gasteiger partial charge in [-0.3, -0.25) is 4.79 Å². The monoisotopic (exact) mass is 162 g/mol. The van der Waals surface area contributed by atoms with Gasteiger partial charge in [0.05, 0.1) is 5.69 Å². The molecule has 0 saturated heterocycles. The van der Waals surface area contributed by atoms with Crippen molar-refractivity contribution < 1.29 is 0 Å². The fourth-order valence-corrected chi connectivity index (χ4v) is 1.43. The largest absolute Gasteiger partial charge is 0.268 e. The van der Waals surface area contributed by atoms with Gasteiger partial charge in [-0.25, -0.2) is 5.10 Å². The molecule has 0 spiro atoms. The molecule has 0 saturated carbocycles. The Kier molecular flexibility index (Phi) is 1.78. The molecule has 0 unspecified atom stereocenters. The van der Waals surface area contributed by atoms with Gasteiger partial charge in [-0.05, 0) is 30.9 Å². The predicted molar refractivity (Wildman–Crippen MR) is 46.7 cm³/mol. The number of aromatic nitrogens is 2. The van der Waals surface area contributed by atoms with Crippen LogP contribution in [-0.4, -0.2) is 10.2 Å². The molecule has 0 aromatic carbocycles. The molecule has 1 aliphatic carbocycles. The number of H-pyrrole nitrogens is 1. The maximum Gasteiger partial charge on any atom is 0.264 e. The number of rotatable bonds is 1. The lowest BCUT2D eigenvalue weighted by Gasteiger charge is -1.97. The van der Waals surface area contributed by atoms with Crippen molar-refractivity contribution in [3.05, 3.63) is 34.3 Å². The zero-order chi connectivity index (χ0) is 8.39. The van der Waals surface area contributed by atoms with E-state index in [1.54, 1.807) is 6.07 Å². The van der Waals surface area contributed by atoms with Gasteiger partial charge in [0.1, 0.15) is 0 Å². The number of hydrogen-bond donors (Lipinski definition) is 1. The van der Waals surface area contributed by atoms with Gasteiger partial charge in [0.2, 0.25) is 0 Å². The predicted octanol–water partition coefficient (Wildman–Crippen LogP) is 1.34. The number of nitrogens with zero attached hydrogens (tertiary/aromatic N) is 1. The summed E-state index contributed by atoms with van der Waals surface area (Å²) in [6.07, 6.45) is 5.60. The SMILES string of the molecule is O=c1ccc(C2=CCCC2)n[nH]1. The van der Waals surface area contributed by atoms with Crippen molar-refractivity contribution in [2.45, 2.75) is 19.3 Å². The van der Waals surface area contributed by atoms with Crippen LogP contribution in [0.3, 0.4) is 0 Å². The number of aromatic amines is 1. The first kappa shape index (κ1) is 7.28. The van der Waals surface area contributed by atoms with Gasteiger partial charge in [-0.2, -0.15) is 5.10 Å². The van der Waals surface area contributed by atoms with Crippen LogP contribution in [0.15, 0.2) is 23.0 Å². The highest BCUT2D eigenvalue weighted by Gasteiger charge is 2.07. The Hall–Kier alpha value is -1.38. The molecule has 62 valence electrons. The molecular weight excluding hydrogens is 152 g/mol. The van der Waals surface area contributed by atoms with Gasteiger partial charge in [0, 0.05) is 6.07 Å². The zero-order valence-corrected chi connectivity index (χ0v) is 6.71. The second kappa shape index (κ2) is 2.93. The van der Waals surface area contributed by atoms with Crippen molar-refractivity contribution in [1.82, 2.24) is 10.2 Å². The first-order valence-corrected chi connectivity index (χ1v) is 4.11. The molecule has 3 nitrogen and oxygen atoms in total. The summed E-state index contributed by atoms with van der Waals surface area (Å²) in [6, 6.07) is 3.29. The number of nitrogens with one attached hydrogen (secondary N) is 1. The quantitative estimate of drug-likeness (QED) is 0.677. The molecule has 12 heavy (non-hydrogen) atoms. The Morgan fingerprint density at radius 2 is 2.33 bits per heavy atom. The molecular formula is C9H10N2O. The summed E-state index contributed by atoms with van der Waals surface area (Å²) in [5.74, 6) is 0. The normalized spacial score (nSPS) is 16.2. The third-order valence-corrected chi connectivity index (χ3v) is 2.05. The molecule has 1 heterocycles. The summed E-state index contributed by atoms with van der Waals surface area (Å²) in [5.41, 5.74) is 2.02. The molecule has 0 fully saturated rings. The van der Waals surface area contributed by atoms with E-state index >= 15 is 0 Å². The molecule has 0 amide bonds. The van der Waals surface area contributed by atoms with Gasteiger partial charge in [0.15, 0.2) is 0 Å². The standard InChI is InChI=1S/C9H10N2O/c12-9-6-5-8(10-11-9)7-3-1-2-4-7/h3,5-6H,1-2,4H2,(H,11,12). The first-order chi connectivity index (χ1) is 5.86. The van der Waals surface area contributed by atoms with E-state index in [0.29, 0.717) is 0 Å². The van der Waals surface area contributed by atoms with E-state index < -0.39 is 0 Å². The Balaban J connectivity index is 2.34. The Morgan fingerprint density at radius 1 is 1.42 bits per heavy atom. The summed E-state index contributed by atoms with van der Waals surface area (Å²) >= 11 is 0. The summed E-state index contributed by atoms with van der Waals surface area (Å²) in [5, 5.41) is 6.38. The lowest BCUT2D eigenvalue weighted by Crippen LogP contribution is -2.06. The van der Waals surface area contributed by atoms with Gasteiger partial charge < -0.3 is 0 Å². The highest BCUT2D eigenvalue weighted by Crippen LogP contribution is 2.24.